The van der Waals surface area contributed by atoms with Crippen LogP contribution in [0.25, 0.3) is 11.4 Å². The van der Waals surface area contributed by atoms with Crippen LogP contribution in [0.4, 0.5) is 5.82 Å². The largest absolute Gasteiger partial charge is 0.372 e. The van der Waals surface area contributed by atoms with Crippen molar-refractivity contribution in [2.24, 2.45) is 5.92 Å². The molecule has 1 aromatic heterocycles. The SMILES string of the molecule is CNc1nc(-c2ccc(Br)c(Br)c2)nc(CC(C)C)c1I. The lowest BCUT2D eigenvalue weighted by Gasteiger charge is -2.13. The van der Waals surface area contributed by atoms with Crippen molar-refractivity contribution >= 4 is 60.3 Å². The van der Waals surface area contributed by atoms with Gasteiger partial charge in [-0.15, -0.1) is 0 Å². The van der Waals surface area contributed by atoms with Gasteiger partial charge in [0.2, 0.25) is 0 Å². The van der Waals surface area contributed by atoms with E-state index in [2.05, 4.69) is 78.6 Å². The predicted molar refractivity (Wildman–Crippen MR) is 104 cm³/mol. The summed E-state index contributed by atoms with van der Waals surface area (Å²) in [6.45, 7) is 4.40. The molecule has 0 saturated carbocycles. The molecule has 0 fully saturated rings. The highest BCUT2D eigenvalue weighted by atomic mass is 127. The van der Waals surface area contributed by atoms with Gasteiger partial charge < -0.3 is 5.32 Å². The van der Waals surface area contributed by atoms with Crippen molar-refractivity contribution in [1.29, 1.82) is 0 Å². The zero-order valence-electron chi connectivity index (χ0n) is 12.0. The molecular weight excluding hydrogens is 509 g/mol. The van der Waals surface area contributed by atoms with Crippen LogP contribution in [0.2, 0.25) is 0 Å². The first kappa shape index (κ1) is 17.1. The van der Waals surface area contributed by atoms with Gasteiger partial charge in [-0.25, -0.2) is 9.97 Å². The Bertz CT molecular complexity index is 660. The molecule has 0 radical (unpaired) electrons. The summed E-state index contributed by atoms with van der Waals surface area (Å²) in [5.41, 5.74) is 2.10. The van der Waals surface area contributed by atoms with Gasteiger partial charge in [0.1, 0.15) is 5.82 Å². The molecule has 21 heavy (non-hydrogen) atoms. The summed E-state index contributed by atoms with van der Waals surface area (Å²) in [4.78, 5) is 9.40. The topological polar surface area (TPSA) is 37.8 Å². The standard InChI is InChI=1S/C15H16Br2IN3/c1-8(2)6-12-13(18)15(19-3)21-14(20-12)9-4-5-10(16)11(17)7-9/h4-5,7-8H,6H2,1-3H3,(H,19,20,21). The minimum atomic E-state index is 0.558. The molecule has 2 aromatic rings. The van der Waals surface area contributed by atoms with E-state index < -0.39 is 0 Å². The normalized spacial score (nSPS) is 11.0. The van der Waals surface area contributed by atoms with Crippen LogP contribution in [0, 0.1) is 9.49 Å². The maximum atomic E-state index is 4.77. The van der Waals surface area contributed by atoms with E-state index in [1.54, 1.807) is 0 Å². The summed E-state index contributed by atoms with van der Waals surface area (Å²) in [5, 5.41) is 3.17. The van der Waals surface area contributed by atoms with Crippen molar-refractivity contribution in [3.8, 4) is 11.4 Å². The smallest absolute Gasteiger partial charge is 0.161 e. The number of aromatic nitrogens is 2. The third-order valence-corrected chi connectivity index (χ3v) is 5.95. The molecule has 1 N–H and O–H groups in total. The minimum Gasteiger partial charge on any atom is -0.372 e. The average molecular weight is 525 g/mol. The fraction of sp³-hybridized carbons (Fsp3) is 0.333. The average Bonchev–Trinajstić information content (AvgIpc) is 2.43. The Labute approximate surface area is 155 Å². The van der Waals surface area contributed by atoms with Crippen LogP contribution >= 0.6 is 54.5 Å². The summed E-state index contributed by atoms with van der Waals surface area (Å²) < 4.78 is 3.12. The van der Waals surface area contributed by atoms with Crippen molar-refractivity contribution < 1.29 is 0 Å². The Hall–Kier alpha value is -0.210. The number of benzene rings is 1. The lowest BCUT2D eigenvalue weighted by Crippen LogP contribution is -2.07. The van der Waals surface area contributed by atoms with E-state index in [9.17, 15) is 0 Å². The number of hydrogen-bond donors (Lipinski definition) is 1. The molecule has 0 saturated heterocycles. The van der Waals surface area contributed by atoms with Gasteiger partial charge in [-0.2, -0.15) is 0 Å². The van der Waals surface area contributed by atoms with E-state index in [0.29, 0.717) is 5.92 Å². The van der Waals surface area contributed by atoms with E-state index in [1.165, 1.54) is 0 Å². The molecule has 0 aliphatic heterocycles. The lowest BCUT2D eigenvalue weighted by atomic mass is 10.1. The Balaban J connectivity index is 2.54. The van der Waals surface area contributed by atoms with Crippen LogP contribution in [0.1, 0.15) is 19.5 Å². The molecule has 0 spiro atoms. The second-order valence-corrected chi connectivity index (χ2v) is 7.92. The van der Waals surface area contributed by atoms with Crippen molar-refractivity contribution in [1.82, 2.24) is 9.97 Å². The number of hydrogen-bond acceptors (Lipinski definition) is 3. The number of halogens is 3. The Morgan fingerprint density at radius 2 is 1.90 bits per heavy atom. The first-order valence-corrected chi connectivity index (χ1v) is 9.28. The van der Waals surface area contributed by atoms with Gasteiger partial charge in [-0.1, -0.05) is 13.8 Å². The van der Waals surface area contributed by atoms with Gasteiger partial charge in [-0.05, 0) is 85.0 Å². The van der Waals surface area contributed by atoms with Crippen LogP contribution in [0.15, 0.2) is 27.1 Å². The summed E-state index contributed by atoms with van der Waals surface area (Å²) in [5.74, 6) is 2.20. The zero-order chi connectivity index (χ0) is 15.6. The van der Waals surface area contributed by atoms with Crippen molar-refractivity contribution in [3.63, 3.8) is 0 Å². The van der Waals surface area contributed by atoms with E-state index >= 15 is 0 Å². The molecule has 0 bridgehead atoms. The van der Waals surface area contributed by atoms with E-state index in [0.717, 1.165) is 41.8 Å². The van der Waals surface area contributed by atoms with Crippen LogP contribution < -0.4 is 5.32 Å². The summed E-state index contributed by atoms with van der Waals surface area (Å²) in [7, 11) is 1.89. The number of rotatable bonds is 4. The molecule has 1 aromatic carbocycles. The molecule has 0 aliphatic carbocycles. The molecule has 0 atom stereocenters. The second-order valence-electron chi connectivity index (χ2n) is 5.13. The number of anilines is 1. The van der Waals surface area contributed by atoms with E-state index in [4.69, 9.17) is 4.98 Å². The van der Waals surface area contributed by atoms with E-state index in [1.807, 2.05) is 25.2 Å². The van der Waals surface area contributed by atoms with Crippen LogP contribution in [0.5, 0.6) is 0 Å². The molecule has 0 aliphatic rings. The zero-order valence-corrected chi connectivity index (χ0v) is 17.4. The monoisotopic (exact) mass is 523 g/mol. The molecule has 0 unspecified atom stereocenters. The van der Waals surface area contributed by atoms with Gasteiger partial charge in [0.15, 0.2) is 5.82 Å². The quantitative estimate of drug-likeness (QED) is 0.536. The Morgan fingerprint density at radius 3 is 2.48 bits per heavy atom. The van der Waals surface area contributed by atoms with Crippen LogP contribution in [-0.2, 0) is 6.42 Å². The molecule has 112 valence electrons. The fourth-order valence-corrected chi connectivity index (χ4v) is 3.30. The molecule has 3 nitrogen and oxygen atoms in total. The highest BCUT2D eigenvalue weighted by molar-refractivity contribution is 14.1. The van der Waals surface area contributed by atoms with Gasteiger partial charge in [0.05, 0.1) is 9.26 Å². The third kappa shape index (κ3) is 4.16. The molecule has 6 heteroatoms. The Kier molecular flexibility index (Phi) is 6.02. The molecule has 2 rings (SSSR count). The summed E-state index contributed by atoms with van der Waals surface area (Å²) in [6.07, 6.45) is 0.945. The first-order valence-electron chi connectivity index (χ1n) is 6.62. The molecule has 0 amide bonds. The van der Waals surface area contributed by atoms with Crippen molar-refractivity contribution in [2.75, 3.05) is 12.4 Å². The van der Waals surface area contributed by atoms with Gasteiger partial charge in [0, 0.05) is 21.6 Å². The summed E-state index contributed by atoms with van der Waals surface area (Å²) >= 11 is 9.34. The third-order valence-electron chi connectivity index (χ3n) is 2.94. The van der Waals surface area contributed by atoms with Gasteiger partial charge >= 0.3 is 0 Å². The second kappa shape index (κ2) is 7.37. The number of nitrogens with one attached hydrogen (secondary N) is 1. The van der Waals surface area contributed by atoms with Gasteiger partial charge in [0.25, 0.3) is 0 Å². The first-order chi connectivity index (χ1) is 9.92. The van der Waals surface area contributed by atoms with Crippen LogP contribution in [0.3, 0.4) is 0 Å². The maximum Gasteiger partial charge on any atom is 0.161 e. The van der Waals surface area contributed by atoms with Gasteiger partial charge in [-0.3, -0.25) is 0 Å². The minimum absolute atomic E-state index is 0.558. The summed E-state index contributed by atoms with van der Waals surface area (Å²) in [6, 6.07) is 6.06. The fourth-order valence-electron chi connectivity index (χ4n) is 1.95. The van der Waals surface area contributed by atoms with E-state index in [-0.39, 0.29) is 0 Å². The number of nitrogens with zero attached hydrogens (tertiary/aromatic N) is 2. The molecular formula is C15H16Br2IN3. The predicted octanol–water partition coefficient (Wildman–Crippen LogP) is 5.51. The highest BCUT2D eigenvalue weighted by Crippen LogP contribution is 2.30. The Morgan fingerprint density at radius 1 is 1.19 bits per heavy atom. The lowest BCUT2D eigenvalue weighted by molar-refractivity contribution is 0.632. The van der Waals surface area contributed by atoms with Crippen molar-refractivity contribution in [2.45, 2.75) is 20.3 Å². The highest BCUT2D eigenvalue weighted by Gasteiger charge is 2.14. The maximum absolute atomic E-state index is 4.77. The van der Waals surface area contributed by atoms with Crippen molar-refractivity contribution in [3.05, 3.63) is 36.4 Å². The molecule has 1 heterocycles. The van der Waals surface area contributed by atoms with Crippen LogP contribution in [-0.4, -0.2) is 17.0 Å².